The van der Waals surface area contributed by atoms with E-state index in [0.717, 1.165) is 17.6 Å². The van der Waals surface area contributed by atoms with Gasteiger partial charge in [-0.15, -0.1) is 0 Å². The first kappa shape index (κ1) is 12.6. The Bertz CT molecular complexity index is 536. The van der Waals surface area contributed by atoms with Crippen LogP contribution in [0.25, 0.3) is 11.0 Å². The van der Waals surface area contributed by atoms with Crippen LogP contribution in [-0.4, -0.2) is 35.7 Å². The van der Waals surface area contributed by atoms with Gasteiger partial charge in [0.25, 0.3) is 0 Å². The van der Waals surface area contributed by atoms with Gasteiger partial charge in [0.05, 0.1) is 24.5 Å². The van der Waals surface area contributed by atoms with Crippen LogP contribution in [0.2, 0.25) is 0 Å². The Labute approximate surface area is 106 Å². The molecule has 1 unspecified atom stereocenters. The van der Waals surface area contributed by atoms with E-state index in [0.29, 0.717) is 6.42 Å². The third kappa shape index (κ3) is 2.51. The molecule has 0 saturated carbocycles. The molecule has 1 N–H and O–H groups in total. The maximum absolute atomic E-state index is 11.5. The summed E-state index contributed by atoms with van der Waals surface area (Å²) < 4.78 is 6.78. The van der Waals surface area contributed by atoms with Crippen LogP contribution in [-0.2, 0) is 16.1 Å². The maximum Gasteiger partial charge on any atom is 0.322 e. The summed E-state index contributed by atoms with van der Waals surface area (Å²) in [5, 5.41) is 2.95. The van der Waals surface area contributed by atoms with Gasteiger partial charge < -0.3 is 14.6 Å². The van der Waals surface area contributed by atoms with Gasteiger partial charge in [0.1, 0.15) is 6.04 Å². The second kappa shape index (κ2) is 5.64. The number of ether oxygens (including phenoxy) is 1. The molecule has 1 atom stereocenters. The first-order valence-corrected chi connectivity index (χ1v) is 5.91. The molecule has 0 saturated heterocycles. The van der Waals surface area contributed by atoms with Crippen molar-refractivity contribution in [2.45, 2.75) is 19.0 Å². The predicted molar refractivity (Wildman–Crippen MR) is 69.2 cm³/mol. The molecule has 0 radical (unpaired) electrons. The van der Waals surface area contributed by atoms with Crippen molar-refractivity contribution in [2.75, 3.05) is 14.2 Å². The molecule has 2 aromatic rings. The van der Waals surface area contributed by atoms with Crippen LogP contribution in [0.4, 0.5) is 0 Å². The summed E-state index contributed by atoms with van der Waals surface area (Å²) >= 11 is 0. The van der Waals surface area contributed by atoms with Crippen LogP contribution in [0.15, 0.2) is 30.6 Å². The van der Waals surface area contributed by atoms with Crippen LogP contribution in [0.1, 0.15) is 6.42 Å². The third-order valence-corrected chi connectivity index (χ3v) is 3.02. The average molecular weight is 247 g/mol. The van der Waals surface area contributed by atoms with Crippen molar-refractivity contribution in [3.05, 3.63) is 30.6 Å². The van der Waals surface area contributed by atoms with Crippen LogP contribution >= 0.6 is 0 Å². The number of aromatic nitrogens is 2. The van der Waals surface area contributed by atoms with Gasteiger partial charge in [-0.2, -0.15) is 0 Å². The zero-order valence-corrected chi connectivity index (χ0v) is 10.6. The number of benzene rings is 1. The highest BCUT2D eigenvalue weighted by Gasteiger charge is 2.16. The number of fused-ring (bicyclic) bond motifs is 1. The highest BCUT2D eigenvalue weighted by Crippen LogP contribution is 2.12. The number of nitrogens with one attached hydrogen (secondary N) is 1. The summed E-state index contributed by atoms with van der Waals surface area (Å²) in [6.07, 6.45) is 2.47. The summed E-state index contributed by atoms with van der Waals surface area (Å²) in [6, 6.07) is 7.66. The second-order valence-electron chi connectivity index (χ2n) is 4.08. The van der Waals surface area contributed by atoms with E-state index in [9.17, 15) is 4.79 Å². The molecule has 1 aromatic heterocycles. The Morgan fingerprint density at radius 2 is 2.28 bits per heavy atom. The number of esters is 1. The predicted octanol–water partition coefficient (Wildman–Crippen LogP) is 1.19. The lowest BCUT2D eigenvalue weighted by atomic mass is 10.2. The molecule has 0 aliphatic rings. The molecule has 96 valence electrons. The van der Waals surface area contributed by atoms with Crippen molar-refractivity contribution in [2.24, 2.45) is 0 Å². The molecular formula is C13H17N3O2. The smallest absolute Gasteiger partial charge is 0.322 e. The number of hydrogen-bond acceptors (Lipinski definition) is 4. The van der Waals surface area contributed by atoms with Gasteiger partial charge in [0.2, 0.25) is 0 Å². The van der Waals surface area contributed by atoms with Crippen LogP contribution < -0.4 is 5.32 Å². The number of methoxy groups -OCH3 is 1. The summed E-state index contributed by atoms with van der Waals surface area (Å²) in [7, 11) is 3.16. The molecule has 5 heteroatoms. The number of nitrogens with zero attached hydrogens (tertiary/aromatic N) is 2. The Morgan fingerprint density at radius 3 is 3.00 bits per heavy atom. The van der Waals surface area contributed by atoms with Gasteiger partial charge in [-0.3, -0.25) is 4.79 Å². The first-order chi connectivity index (χ1) is 8.76. The number of likely N-dealkylation sites (N-methyl/N-ethyl adjacent to an activating group) is 1. The Morgan fingerprint density at radius 1 is 1.50 bits per heavy atom. The minimum Gasteiger partial charge on any atom is -0.468 e. The van der Waals surface area contributed by atoms with Crippen molar-refractivity contribution in [3.8, 4) is 0 Å². The van der Waals surface area contributed by atoms with Gasteiger partial charge in [0, 0.05) is 6.54 Å². The standard InChI is InChI=1S/C13H17N3O2/c1-14-11(13(17)18-2)7-8-16-9-15-10-5-3-4-6-12(10)16/h3-6,9,11,14H,7-8H2,1-2H3. The molecule has 2 rings (SSSR count). The van der Waals surface area contributed by atoms with E-state index in [1.807, 2.05) is 28.8 Å². The van der Waals surface area contributed by atoms with E-state index in [2.05, 4.69) is 10.3 Å². The molecule has 0 aliphatic carbocycles. The van der Waals surface area contributed by atoms with Crippen LogP contribution in [0, 0.1) is 0 Å². The van der Waals surface area contributed by atoms with E-state index < -0.39 is 0 Å². The minimum absolute atomic E-state index is 0.234. The summed E-state index contributed by atoms with van der Waals surface area (Å²) in [6.45, 7) is 0.723. The van der Waals surface area contributed by atoms with E-state index in [1.165, 1.54) is 7.11 Å². The quantitative estimate of drug-likeness (QED) is 0.806. The second-order valence-corrected chi connectivity index (χ2v) is 4.08. The number of para-hydroxylation sites is 2. The lowest BCUT2D eigenvalue weighted by Gasteiger charge is -2.13. The molecule has 1 aromatic carbocycles. The third-order valence-electron chi connectivity index (χ3n) is 3.02. The highest BCUT2D eigenvalue weighted by atomic mass is 16.5. The highest BCUT2D eigenvalue weighted by molar-refractivity contribution is 5.76. The molecule has 1 heterocycles. The lowest BCUT2D eigenvalue weighted by molar-refractivity contribution is -0.143. The Kier molecular flexibility index (Phi) is 3.94. The zero-order chi connectivity index (χ0) is 13.0. The molecular weight excluding hydrogens is 230 g/mol. The number of carbonyl (C=O) groups is 1. The summed E-state index contributed by atoms with van der Waals surface area (Å²) in [5.74, 6) is -0.234. The number of carbonyl (C=O) groups excluding carboxylic acids is 1. The molecule has 18 heavy (non-hydrogen) atoms. The van der Waals surface area contributed by atoms with E-state index in [4.69, 9.17) is 4.74 Å². The fraction of sp³-hybridized carbons (Fsp3) is 0.385. The van der Waals surface area contributed by atoms with Crippen molar-refractivity contribution < 1.29 is 9.53 Å². The van der Waals surface area contributed by atoms with Gasteiger partial charge >= 0.3 is 5.97 Å². The van der Waals surface area contributed by atoms with Gasteiger partial charge in [-0.25, -0.2) is 4.98 Å². The number of imidazole rings is 1. The monoisotopic (exact) mass is 247 g/mol. The van der Waals surface area contributed by atoms with Gasteiger partial charge in [-0.05, 0) is 25.6 Å². The van der Waals surface area contributed by atoms with Crippen molar-refractivity contribution in [1.82, 2.24) is 14.9 Å². The first-order valence-electron chi connectivity index (χ1n) is 5.91. The van der Waals surface area contributed by atoms with Gasteiger partial charge in [-0.1, -0.05) is 12.1 Å². The summed E-state index contributed by atoms with van der Waals surface area (Å²) in [5.41, 5.74) is 2.05. The molecule has 0 bridgehead atoms. The summed E-state index contributed by atoms with van der Waals surface area (Å²) in [4.78, 5) is 15.8. The normalized spacial score (nSPS) is 12.6. The molecule has 0 aliphatic heterocycles. The number of rotatable bonds is 5. The number of aryl methyl sites for hydroxylation is 1. The zero-order valence-electron chi connectivity index (χ0n) is 10.6. The fourth-order valence-corrected chi connectivity index (χ4v) is 1.98. The number of hydrogen-bond donors (Lipinski definition) is 1. The maximum atomic E-state index is 11.5. The van der Waals surface area contributed by atoms with Crippen LogP contribution in [0.3, 0.4) is 0 Å². The Balaban J connectivity index is 2.07. The fourth-order valence-electron chi connectivity index (χ4n) is 1.98. The van der Waals surface area contributed by atoms with E-state index in [-0.39, 0.29) is 12.0 Å². The molecule has 0 amide bonds. The van der Waals surface area contributed by atoms with Crippen LogP contribution in [0.5, 0.6) is 0 Å². The SMILES string of the molecule is CNC(CCn1cnc2ccccc21)C(=O)OC. The molecule has 5 nitrogen and oxygen atoms in total. The van der Waals surface area contributed by atoms with Crippen molar-refractivity contribution in [3.63, 3.8) is 0 Å². The largest absolute Gasteiger partial charge is 0.468 e. The van der Waals surface area contributed by atoms with Gasteiger partial charge in [0.15, 0.2) is 0 Å². The van der Waals surface area contributed by atoms with Crippen molar-refractivity contribution >= 4 is 17.0 Å². The average Bonchev–Trinajstić information content (AvgIpc) is 2.82. The van der Waals surface area contributed by atoms with E-state index in [1.54, 1.807) is 13.4 Å². The molecule has 0 spiro atoms. The Hall–Kier alpha value is -1.88. The minimum atomic E-state index is -0.281. The lowest BCUT2D eigenvalue weighted by Crippen LogP contribution is -2.35. The topological polar surface area (TPSA) is 56.2 Å². The van der Waals surface area contributed by atoms with E-state index >= 15 is 0 Å². The molecule has 0 fully saturated rings. The van der Waals surface area contributed by atoms with Crippen molar-refractivity contribution in [1.29, 1.82) is 0 Å².